The molecule has 0 spiro atoms. The van der Waals surface area contributed by atoms with Crippen LogP contribution in [0.25, 0.3) is 0 Å². The summed E-state index contributed by atoms with van der Waals surface area (Å²) >= 11 is 0. The maximum atomic E-state index is 8.66. The molecule has 0 amide bonds. The van der Waals surface area contributed by atoms with E-state index in [9.17, 15) is 0 Å². The lowest BCUT2D eigenvalue weighted by molar-refractivity contribution is 0.163. The summed E-state index contributed by atoms with van der Waals surface area (Å²) in [5.41, 5.74) is 0. The Morgan fingerprint density at radius 2 is 1.67 bits per heavy atom. The zero-order chi connectivity index (χ0) is 9.23. The van der Waals surface area contributed by atoms with E-state index >= 15 is 0 Å². The molecule has 3 heteroatoms. The number of hydrogen-bond acceptors (Lipinski definition) is 3. The molecule has 0 bridgehead atoms. The normalized spacial score (nSPS) is 9.67. The van der Waals surface area contributed by atoms with Crippen LogP contribution in [0, 0.1) is 11.8 Å². The Morgan fingerprint density at radius 1 is 1.08 bits per heavy atom. The maximum absolute atomic E-state index is 8.66. The highest BCUT2D eigenvalue weighted by atomic mass is 16.3. The lowest BCUT2D eigenvalue weighted by atomic mass is 10.3. The van der Waals surface area contributed by atoms with Crippen molar-refractivity contribution in [3.05, 3.63) is 0 Å². The Labute approximate surface area is 74.0 Å². The third kappa shape index (κ3) is 6.17. The van der Waals surface area contributed by atoms with Crippen molar-refractivity contribution in [2.24, 2.45) is 0 Å². The van der Waals surface area contributed by atoms with Crippen LogP contribution in [0.1, 0.15) is 13.3 Å². The summed E-state index contributed by atoms with van der Waals surface area (Å²) in [6.45, 7) is 4.14. The largest absolute Gasteiger partial charge is 0.395 e. The molecule has 0 aromatic rings. The van der Waals surface area contributed by atoms with Gasteiger partial charge in [-0.25, -0.2) is 0 Å². The molecule has 0 rings (SSSR count). The second-order valence-corrected chi connectivity index (χ2v) is 2.47. The van der Waals surface area contributed by atoms with Gasteiger partial charge in [0.1, 0.15) is 0 Å². The van der Waals surface area contributed by atoms with E-state index in [2.05, 4.69) is 11.8 Å². The first-order valence-corrected chi connectivity index (χ1v) is 4.18. The van der Waals surface area contributed by atoms with Crippen LogP contribution in [0.4, 0.5) is 0 Å². The molecule has 12 heavy (non-hydrogen) atoms. The molecule has 0 aliphatic rings. The minimum atomic E-state index is 0.138. The van der Waals surface area contributed by atoms with E-state index in [1.807, 2.05) is 11.8 Å². The van der Waals surface area contributed by atoms with E-state index < -0.39 is 0 Å². The van der Waals surface area contributed by atoms with Crippen molar-refractivity contribution < 1.29 is 10.2 Å². The summed E-state index contributed by atoms with van der Waals surface area (Å²) < 4.78 is 0. The number of rotatable bonds is 6. The molecule has 0 heterocycles. The predicted molar refractivity (Wildman–Crippen MR) is 48.7 cm³/mol. The van der Waals surface area contributed by atoms with E-state index in [0.29, 0.717) is 13.1 Å². The number of aliphatic hydroxyl groups excluding tert-OH is 2. The van der Waals surface area contributed by atoms with Gasteiger partial charge in [0.05, 0.1) is 13.2 Å². The number of nitrogens with zero attached hydrogens (tertiary/aromatic N) is 1. The van der Waals surface area contributed by atoms with Gasteiger partial charge in [-0.15, -0.1) is 11.8 Å². The molecule has 0 unspecified atom stereocenters. The van der Waals surface area contributed by atoms with Crippen LogP contribution < -0.4 is 0 Å². The van der Waals surface area contributed by atoms with Gasteiger partial charge in [-0.2, -0.15) is 0 Å². The van der Waals surface area contributed by atoms with Crippen molar-refractivity contribution >= 4 is 0 Å². The summed E-state index contributed by atoms with van der Waals surface area (Å²) in [5.74, 6) is 5.75. The van der Waals surface area contributed by atoms with Crippen LogP contribution >= 0.6 is 0 Å². The van der Waals surface area contributed by atoms with Gasteiger partial charge < -0.3 is 10.2 Å². The zero-order valence-corrected chi connectivity index (χ0v) is 7.58. The van der Waals surface area contributed by atoms with Gasteiger partial charge in [-0.1, -0.05) is 0 Å². The van der Waals surface area contributed by atoms with Crippen LogP contribution in [0.3, 0.4) is 0 Å². The smallest absolute Gasteiger partial charge is 0.0558 e. The first-order chi connectivity index (χ1) is 5.85. The quantitative estimate of drug-likeness (QED) is 0.539. The molecular formula is C9H17NO2. The predicted octanol–water partition coefficient (Wildman–Crippen LogP) is -0.314. The minimum Gasteiger partial charge on any atom is -0.395 e. The Bertz CT molecular complexity index is 142. The van der Waals surface area contributed by atoms with E-state index in [4.69, 9.17) is 10.2 Å². The molecule has 3 nitrogen and oxygen atoms in total. The van der Waals surface area contributed by atoms with Gasteiger partial charge in [-0.3, -0.25) is 4.90 Å². The number of hydrogen-bond donors (Lipinski definition) is 2. The Kier molecular flexibility index (Phi) is 8.14. The van der Waals surface area contributed by atoms with Crippen LogP contribution in [0.5, 0.6) is 0 Å². The topological polar surface area (TPSA) is 43.7 Å². The maximum Gasteiger partial charge on any atom is 0.0558 e. The number of aliphatic hydroxyl groups is 2. The van der Waals surface area contributed by atoms with Crippen molar-refractivity contribution in [1.29, 1.82) is 0 Å². The molecule has 0 aliphatic heterocycles. The Hall–Kier alpha value is -0.560. The van der Waals surface area contributed by atoms with Crippen molar-refractivity contribution in [2.45, 2.75) is 13.3 Å². The van der Waals surface area contributed by atoms with Gasteiger partial charge in [0.25, 0.3) is 0 Å². The Balaban J connectivity index is 3.52. The summed E-state index contributed by atoms with van der Waals surface area (Å²) in [4.78, 5) is 1.99. The van der Waals surface area contributed by atoms with Gasteiger partial charge in [0.2, 0.25) is 0 Å². The first kappa shape index (κ1) is 11.4. The fourth-order valence-electron chi connectivity index (χ4n) is 0.957. The average Bonchev–Trinajstić information content (AvgIpc) is 2.06. The second-order valence-electron chi connectivity index (χ2n) is 2.47. The average molecular weight is 171 g/mol. The first-order valence-electron chi connectivity index (χ1n) is 4.18. The third-order valence-corrected chi connectivity index (χ3v) is 1.56. The third-order valence-electron chi connectivity index (χ3n) is 1.56. The lowest BCUT2D eigenvalue weighted by Gasteiger charge is -2.18. The molecule has 0 aromatic heterocycles. The SMILES string of the molecule is CC#CCCN(CCO)CCO. The summed E-state index contributed by atoms with van der Waals surface area (Å²) in [6, 6.07) is 0. The summed E-state index contributed by atoms with van der Waals surface area (Å²) in [5, 5.41) is 17.3. The minimum absolute atomic E-state index is 0.138. The standard InChI is InChI=1S/C9H17NO2/c1-2-3-4-5-10(6-8-11)7-9-12/h11-12H,4-9H2,1H3. The molecule has 0 aromatic carbocycles. The van der Waals surface area contributed by atoms with E-state index in [-0.39, 0.29) is 13.2 Å². The van der Waals surface area contributed by atoms with Gasteiger partial charge >= 0.3 is 0 Å². The molecule has 2 N–H and O–H groups in total. The van der Waals surface area contributed by atoms with E-state index in [1.54, 1.807) is 0 Å². The van der Waals surface area contributed by atoms with Gasteiger partial charge in [0.15, 0.2) is 0 Å². The highest BCUT2D eigenvalue weighted by Gasteiger charge is 2.00. The highest BCUT2D eigenvalue weighted by molar-refractivity contribution is 4.95. The van der Waals surface area contributed by atoms with Crippen LogP contribution in [-0.2, 0) is 0 Å². The van der Waals surface area contributed by atoms with Crippen molar-refractivity contribution in [2.75, 3.05) is 32.8 Å². The second kappa shape index (κ2) is 8.54. The highest BCUT2D eigenvalue weighted by Crippen LogP contribution is 1.89. The van der Waals surface area contributed by atoms with Gasteiger partial charge in [0, 0.05) is 26.1 Å². The summed E-state index contributed by atoms with van der Waals surface area (Å²) in [7, 11) is 0. The molecule has 0 fully saturated rings. The monoisotopic (exact) mass is 171 g/mol. The molecular weight excluding hydrogens is 154 g/mol. The molecule has 70 valence electrons. The van der Waals surface area contributed by atoms with Crippen LogP contribution in [0.2, 0.25) is 0 Å². The van der Waals surface area contributed by atoms with Crippen LogP contribution in [-0.4, -0.2) is 48.0 Å². The summed E-state index contributed by atoms with van der Waals surface area (Å²) in [6.07, 6.45) is 0.802. The van der Waals surface area contributed by atoms with E-state index in [0.717, 1.165) is 13.0 Å². The molecule has 0 saturated carbocycles. The fourth-order valence-corrected chi connectivity index (χ4v) is 0.957. The van der Waals surface area contributed by atoms with E-state index in [1.165, 1.54) is 0 Å². The molecule has 0 radical (unpaired) electrons. The molecule has 0 atom stereocenters. The van der Waals surface area contributed by atoms with Crippen molar-refractivity contribution in [1.82, 2.24) is 4.90 Å². The zero-order valence-electron chi connectivity index (χ0n) is 7.58. The fraction of sp³-hybridized carbons (Fsp3) is 0.778. The Morgan fingerprint density at radius 3 is 2.08 bits per heavy atom. The lowest BCUT2D eigenvalue weighted by Crippen LogP contribution is -2.30. The van der Waals surface area contributed by atoms with Crippen LogP contribution in [0.15, 0.2) is 0 Å². The van der Waals surface area contributed by atoms with Crippen molar-refractivity contribution in [3.8, 4) is 11.8 Å². The molecule has 0 aliphatic carbocycles. The molecule has 0 saturated heterocycles. The van der Waals surface area contributed by atoms with Crippen molar-refractivity contribution in [3.63, 3.8) is 0 Å². The van der Waals surface area contributed by atoms with Gasteiger partial charge in [-0.05, 0) is 6.92 Å².